The number of amides is 16. The number of carbonyl (C=O) groups excluding carboxylic acids is 12. The third-order valence-corrected chi connectivity index (χ3v) is 22.2. The summed E-state index contributed by atoms with van der Waals surface area (Å²) in [4.78, 5) is 177. The van der Waals surface area contributed by atoms with Gasteiger partial charge < -0.3 is 77.5 Å². The van der Waals surface area contributed by atoms with Gasteiger partial charge in [-0.25, -0.2) is 29.1 Å². The molecule has 0 spiro atoms. The van der Waals surface area contributed by atoms with Crippen LogP contribution in [0.2, 0.25) is 5.28 Å². The Labute approximate surface area is 687 Å². The fourth-order valence-electron chi connectivity index (χ4n) is 15.5. The number of methoxy groups -OCH3 is 4. The summed E-state index contributed by atoms with van der Waals surface area (Å²) in [5.41, 5.74) is 0.998. The quantitative estimate of drug-likeness (QED) is 0.0266. The zero-order chi connectivity index (χ0) is 84.2. The van der Waals surface area contributed by atoms with Crippen molar-refractivity contribution in [2.45, 2.75) is 55.3 Å². The summed E-state index contributed by atoms with van der Waals surface area (Å²) in [6.45, 7) is 2.50. The van der Waals surface area contributed by atoms with Crippen LogP contribution >= 0.6 is 27.5 Å². The van der Waals surface area contributed by atoms with E-state index in [1.807, 2.05) is 25.1 Å². The number of furan rings is 4. The van der Waals surface area contributed by atoms with Crippen LogP contribution in [0.1, 0.15) is 92.4 Å². The van der Waals surface area contributed by atoms with Crippen molar-refractivity contribution in [1.29, 1.82) is 0 Å². The summed E-state index contributed by atoms with van der Waals surface area (Å²) in [5.74, 6) is -1.34. The molecule has 0 saturated carbocycles. The molecule has 4 aromatic carbocycles. The van der Waals surface area contributed by atoms with Gasteiger partial charge in [0, 0.05) is 94.9 Å². The second-order valence-corrected chi connectivity index (χ2v) is 30.0. The van der Waals surface area contributed by atoms with E-state index < -0.39 is 75.9 Å². The summed E-state index contributed by atoms with van der Waals surface area (Å²) in [5, 5.41) is 21.8. The number of ether oxygens (including phenoxy) is 4. The van der Waals surface area contributed by atoms with Gasteiger partial charge in [0.25, 0.3) is 47.3 Å². The van der Waals surface area contributed by atoms with Crippen molar-refractivity contribution < 1.29 is 98.5 Å². The lowest BCUT2D eigenvalue weighted by Gasteiger charge is -2.29. The van der Waals surface area contributed by atoms with Gasteiger partial charge in [0.05, 0.1) is 76.9 Å². The largest absolute Gasteiger partial charge is 0.497 e. The maximum Gasteiger partial charge on any atom is 0.322 e. The number of urea groups is 4. The lowest BCUT2D eigenvalue weighted by Crippen LogP contribution is -2.52. The molecule has 8 aliphatic heterocycles. The molecular weight excluding hydrogens is 1650 g/mol. The van der Waals surface area contributed by atoms with Crippen LogP contribution in [0.25, 0.3) is 44.0 Å². The first kappa shape index (κ1) is 77.7. The summed E-state index contributed by atoms with van der Waals surface area (Å²) in [7, 11) is 6.08. The molecule has 120 heavy (non-hydrogen) atoms. The van der Waals surface area contributed by atoms with Crippen molar-refractivity contribution in [2.24, 2.45) is 0 Å². The number of hydrogen-bond donors (Lipinski definition) is 8. The monoisotopic (exact) mass is 1710 g/mol. The van der Waals surface area contributed by atoms with E-state index in [0.29, 0.717) is 90.1 Å². The number of fused-ring (bicyclic) bond motifs is 8. The van der Waals surface area contributed by atoms with Crippen LogP contribution < -0.4 is 61.5 Å². The maximum atomic E-state index is 13.5. The fourth-order valence-corrected chi connectivity index (χ4v) is 16.1. The molecule has 8 aliphatic rings. The molecule has 16 heterocycles. The lowest BCUT2D eigenvalue weighted by atomic mass is 9.95. The molecule has 8 N–H and O–H groups in total. The Hall–Kier alpha value is -14.9. The van der Waals surface area contributed by atoms with Gasteiger partial charge in [-0.2, -0.15) is 9.37 Å². The molecule has 608 valence electrons. The van der Waals surface area contributed by atoms with Crippen LogP contribution in [-0.2, 0) is 67.5 Å². The van der Waals surface area contributed by atoms with Crippen LogP contribution in [-0.4, -0.2) is 171 Å². The molecular formula is C80H62BrClFN17O20. The van der Waals surface area contributed by atoms with Gasteiger partial charge in [-0.15, -0.1) is 0 Å². The van der Waals surface area contributed by atoms with Gasteiger partial charge in [-0.3, -0.25) is 69.6 Å². The highest BCUT2D eigenvalue weighted by molar-refractivity contribution is 9.10. The van der Waals surface area contributed by atoms with E-state index in [1.54, 1.807) is 97.5 Å². The van der Waals surface area contributed by atoms with Gasteiger partial charge in [0.15, 0.2) is 38.9 Å². The molecule has 0 radical (unpaired) electrons. The molecule has 4 saturated heterocycles. The predicted octanol–water partition coefficient (Wildman–Crippen LogP) is 7.37. The molecule has 20 rings (SSSR count). The number of hydrogen-bond acceptors (Lipinski definition) is 25. The fraction of sp³-hybridized carbons (Fsp3) is 0.212. The number of nitrogens with one attached hydrogen (secondary N) is 8. The van der Waals surface area contributed by atoms with Gasteiger partial charge in [0.2, 0.25) is 16.9 Å². The van der Waals surface area contributed by atoms with Crippen LogP contribution in [0.15, 0.2) is 162 Å². The third kappa shape index (κ3) is 13.5. The molecule has 40 heteroatoms. The van der Waals surface area contributed by atoms with Gasteiger partial charge in [0.1, 0.15) is 46.0 Å². The molecule has 37 nitrogen and oxygen atoms in total. The number of rotatable bonds is 16. The Morgan fingerprint density at radius 3 is 1.13 bits per heavy atom. The first-order valence-electron chi connectivity index (χ1n) is 36.4. The number of halogens is 3. The van der Waals surface area contributed by atoms with Gasteiger partial charge in [-0.1, -0.05) is 24.3 Å². The van der Waals surface area contributed by atoms with Crippen LogP contribution in [0.3, 0.4) is 0 Å². The summed E-state index contributed by atoms with van der Waals surface area (Å²) in [6.07, 6.45) is 7.38. The van der Waals surface area contributed by atoms with Crippen molar-refractivity contribution in [2.75, 3.05) is 54.6 Å². The Bertz CT molecular complexity index is 6030. The van der Waals surface area contributed by atoms with E-state index in [9.17, 15) is 61.9 Å². The van der Waals surface area contributed by atoms with E-state index in [1.165, 1.54) is 66.5 Å². The first-order valence-corrected chi connectivity index (χ1v) is 37.5. The van der Waals surface area contributed by atoms with Crippen molar-refractivity contribution in [1.82, 2.24) is 87.1 Å². The summed E-state index contributed by atoms with van der Waals surface area (Å²) in [6, 6.07) is 27.6. The molecule has 12 aromatic rings. The SMILES string of the molecule is COc1ccc2c(c1)C(=O)N(C[C@@]1(c3cc4cc(C)ncc4o3)NC(=O)NC1=O)C2.COc1ccc2c(c1)C(=O)N(C[C@@]1(c3cc4cc(F)ncc4o3)NC(=O)NC1=O)C2.COc1ccc2c(c1)C(=O)N(C[C@@]1(c3cc4cnc(Cl)nc4o3)NC(=O)NC1=O)C2.COc1ccc2c(c1)C(=O)N(C[C@@]1(c3cc4cncc(Br)c4o3)NC(=O)NC1=O)C2. The Kier molecular flexibility index (Phi) is 19.2. The highest BCUT2D eigenvalue weighted by Crippen LogP contribution is 2.42. The molecule has 4 fully saturated rings. The highest BCUT2D eigenvalue weighted by Gasteiger charge is 2.57. The third-order valence-electron chi connectivity index (χ3n) is 21.5. The lowest BCUT2D eigenvalue weighted by molar-refractivity contribution is -0.126. The number of pyridine rings is 3. The van der Waals surface area contributed by atoms with Crippen molar-refractivity contribution in [3.63, 3.8) is 0 Å². The molecule has 0 bridgehead atoms. The van der Waals surface area contributed by atoms with Crippen molar-refractivity contribution >= 4 is 143 Å². The van der Waals surface area contributed by atoms with Crippen LogP contribution in [0.4, 0.5) is 23.6 Å². The number of benzene rings is 4. The zero-order valence-corrected chi connectivity index (χ0v) is 65.6. The number of imide groups is 4. The van der Waals surface area contributed by atoms with Crippen LogP contribution in [0, 0.1) is 12.9 Å². The first-order chi connectivity index (χ1) is 57.6. The minimum absolute atomic E-state index is 0.0172. The number of aryl methyl sites for hydroxylation is 1. The minimum atomic E-state index is -1.66. The predicted molar refractivity (Wildman–Crippen MR) is 416 cm³/mol. The van der Waals surface area contributed by atoms with Gasteiger partial charge in [-0.05, 0) is 136 Å². The van der Waals surface area contributed by atoms with E-state index >= 15 is 0 Å². The standard InChI is InChI=1S/C21H18N4O5.C20H15BrN4O5.C20H15FN4O5.C19H14ClN5O5/c1-11-5-13-6-17(30-16(13)8-22-11)21(19(27)23-20(28)24-21)10-25-9-12-3-4-14(29-2)7-15(12)18(25)26;1-29-12-3-2-10-8-25(17(26)13(10)5-12)9-20(18(27)23-19(28)24-20)15-4-11-6-22-7-14(21)16(11)30-15;1-29-12-3-2-10-8-25(17(26)13(10)6-12)9-20(18(27)23-19(28)24-20)15-4-11-5-16(21)22-7-14(11)30-15;1-29-11-3-2-9-7-25(15(26)12(9)5-11)8-19(16(27)23-18(28)24-19)13-4-10-6-21-17(20)22-14(10)30-13/h3-8H,9-10H2,1-2H3,(H2,23,24,27,28);2*2-7H,8-9H2,1H3,(H2,23,24,27,28);2-6H,7-8H2,1H3,(H2,23,24,27,28)/t21-;2*20-;19-/m0000/s1. The normalized spacial score (nSPS) is 20.5. The second-order valence-electron chi connectivity index (χ2n) is 28.8. The molecule has 8 aromatic heterocycles. The summed E-state index contributed by atoms with van der Waals surface area (Å²) >= 11 is 9.19. The summed E-state index contributed by atoms with van der Waals surface area (Å²) < 4.78 is 58.2. The van der Waals surface area contributed by atoms with Gasteiger partial charge >= 0.3 is 24.1 Å². The number of nitrogens with zero attached hydrogens (tertiary/aromatic N) is 9. The Morgan fingerprint density at radius 2 is 0.767 bits per heavy atom. The van der Waals surface area contributed by atoms with E-state index in [0.717, 1.165) is 39.4 Å². The molecule has 0 aliphatic carbocycles. The van der Waals surface area contributed by atoms with Crippen LogP contribution in [0.5, 0.6) is 23.0 Å². The van der Waals surface area contributed by atoms with E-state index in [2.05, 4.69) is 83.4 Å². The van der Waals surface area contributed by atoms with E-state index in [-0.39, 0.29) is 103 Å². The molecule has 4 atom stereocenters. The average Bonchev–Trinajstić information content (AvgIpc) is 1.60. The van der Waals surface area contributed by atoms with Crippen molar-refractivity contribution in [3.05, 3.63) is 229 Å². The van der Waals surface area contributed by atoms with E-state index in [4.69, 9.17) is 48.2 Å². The Morgan fingerprint density at radius 1 is 0.417 bits per heavy atom. The molecule has 16 amide bonds. The second kappa shape index (κ2) is 29.7. The number of carbonyl (C=O) groups is 12. The Balaban J connectivity index is 0.000000114. The van der Waals surface area contributed by atoms with Crippen molar-refractivity contribution in [3.8, 4) is 23.0 Å². The topological polar surface area (TPSA) is 468 Å². The zero-order valence-electron chi connectivity index (χ0n) is 63.3. The minimum Gasteiger partial charge on any atom is -0.497 e. The smallest absolute Gasteiger partial charge is 0.322 e. The highest BCUT2D eigenvalue weighted by atomic mass is 79.9. The number of aromatic nitrogens is 5. The average molecular weight is 1720 g/mol. The maximum absolute atomic E-state index is 13.5. The molecule has 0 unspecified atom stereocenters.